The Morgan fingerprint density at radius 2 is 1.64 bits per heavy atom. The molecule has 6 nitrogen and oxygen atoms in total. The Balaban J connectivity index is 2.45. The highest BCUT2D eigenvalue weighted by Gasteiger charge is 2.73. The molecule has 14 heteroatoms. The quantitative estimate of drug-likeness (QED) is 0.362. The summed E-state index contributed by atoms with van der Waals surface area (Å²) in [6, 6.07) is 5.30. The zero-order valence-corrected chi connectivity index (χ0v) is 19.5. The van der Waals surface area contributed by atoms with Crippen molar-refractivity contribution < 1.29 is 49.1 Å². The maximum Gasteiger partial charge on any atom is 0.435 e. The van der Waals surface area contributed by atoms with Crippen LogP contribution in [0.1, 0.15) is 56.7 Å². The van der Waals surface area contributed by atoms with E-state index in [0.29, 0.717) is 12.1 Å². The first-order valence-electron chi connectivity index (χ1n) is 10.1. The molecule has 2 aromatic carbocycles. The predicted octanol–water partition coefficient (Wildman–Crippen LogP) is 5.01. The number of rotatable bonds is 8. The fourth-order valence-electron chi connectivity index (χ4n) is 3.57. The molecule has 0 aliphatic rings. The number of hydrogen-bond donors (Lipinski definition) is 2. The molecular formula is C22H20F7N2O4S-. The van der Waals surface area contributed by atoms with Crippen LogP contribution < -0.4 is 11.1 Å². The van der Waals surface area contributed by atoms with Crippen molar-refractivity contribution >= 4 is 28.6 Å². The number of aryl methyl sites for hydroxylation is 1. The number of carbonyl (C=O) groups excluding carboxylic acids is 2. The normalized spacial score (nSPS) is 14.3. The second kappa shape index (κ2) is 10.5. The van der Waals surface area contributed by atoms with Crippen LogP contribution in [0.25, 0.3) is 0 Å². The lowest BCUT2D eigenvalue weighted by atomic mass is 9.89. The van der Waals surface area contributed by atoms with Crippen molar-refractivity contribution in [3.8, 4) is 0 Å². The monoisotopic (exact) mass is 541 g/mol. The number of halogens is 7. The Morgan fingerprint density at radius 1 is 1.06 bits per heavy atom. The first kappa shape index (κ1) is 29.2. The fraction of sp³-hybridized carbons (Fsp3) is 0.364. The average Bonchev–Trinajstić information content (AvgIpc) is 2.75. The molecule has 2 atom stereocenters. The molecule has 0 aromatic heterocycles. The Morgan fingerprint density at radius 3 is 2.11 bits per heavy atom. The van der Waals surface area contributed by atoms with Gasteiger partial charge in [0.25, 0.3) is 5.91 Å². The molecule has 0 aliphatic carbocycles. The molecule has 0 radical (unpaired) electrons. The fourth-order valence-corrected chi connectivity index (χ4v) is 4.12. The topological polar surface area (TPSA) is 112 Å². The van der Waals surface area contributed by atoms with E-state index in [1.165, 1.54) is 18.2 Å². The number of nitrogens with one attached hydrogen (secondary N) is 1. The molecule has 0 fully saturated rings. The lowest BCUT2D eigenvalue weighted by Gasteiger charge is -2.30. The molecule has 2 aromatic rings. The van der Waals surface area contributed by atoms with Crippen LogP contribution in [0.4, 0.5) is 36.4 Å². The van der Waals surface area contributed by atoms with E-state index in [0.717, 1.165) is 6.92 Å². The minimum absolute atomic E-state index is 0.103. The summed E-state index contributed by atoms with van der Waals surface area (Å²) in [5.74, 6) is -2.73. The predicted molar refractivity (Wildman–Crippen MR) is 116 cm³/mol. The zero-order chi connectivity index (χ0) is 27.6. The molecular weight excluding hydrogens is 521 g/mol. The average molecular weight is 541 g/mol. The molecule has 0 bridgehead atoms. The minimum atomic E-state index is -6.30. The van der Waals surface area contributed by atoms with Crippen LogP contribution in [0.3, 0.4) is 0 Å². The van der Waals surface area contributed by atoms with Gasteiger partial charge in [-0.2, -0.15) is 26.3 Å². The highest BCUT2D eigenvalue weighted by Crippen LogP contribution is 2.53. The third-order valence-electron chi connectivity index (χ3n) is 5.49. The van der Waals surface area contributed by atoms with Crippen LogP contribution in [0.2, 0.25) is 0 Å². The van der Waals surface area contributed by atoms with E-state index < -0.39 is 52.4 Å². The molecule has 0 heterocycles. The second-order valence-electron chi connectivity index (χ2n) is 7.97. The van der Waals surface area contributed by atoms with Gasteiger partial charge < -0.3 is 15.6 Å². The van der Waals surface area contributed by atoms with E-state index in [-0.39, 0.29) is 46.2 Å². The lowest BCUT2D eigenvalue weighted by Crippen LogP contribution is -2.50. The number of alkyl halides is 7. The number of primary amides is 1. The maximum atomic E-state index is 14.3. The molecule has 0 saturated heterocycles. The molecule has 36 heavy (non-hydrogen) atoms. The van der Waals surface area contributed by atoms with Crippen LogP contribution in [0.5, 0.6) is 0 Å². The van der Waals surface area contributed by atoms with E-state index in [4.69, 9.17) is 5.73 Å². The van der Waals surface area contributed by atoms with Gasteiger partial charge in [-0.25, -0.2) is 4.39 Å². The van der Waals surface area contributed by atoms with Crippen LogP contribution in [-0.4, -0.2) is 38.7 Å². The van der Waals surface area contributed by atoms with Crippen LogP contribution in [0.15, 0.2) is 36.4 Å². The Hall–Kier alpha value is -3.00. The second-order valence-corrected chi connectivity index (χ2v) is 8.99. The molecule has 3 N–H and O–H groups in total. The number of carbonyl (C=O) groups is 2. The van der Waals surface area contributed by atoms with Crippen LogP contribution in [0, 0.1) is 6.92 Å². The van der Waals surface area contributed by atoms with Gasteiger partial charge in [0.05, 0.1) is 11.1 Å². The number of hydrogen-bond acceptors (Lipinski definition) is 4. The Kier molecular flexibility index (Phi) is 8.56. The third kappa shape index (κ3) is 5.86. The van der Waals surface area contributed by atoms with Crippen molar-refractivity contribution in [3.05, 3.63) is 64.2 Å². The van der Waals surface area contributed by atoms with Gasteiger partial charge >= 0.3 is 18.0 Å². The molecule has 198 valence electrons. The first-order valence-corrected chi connectivity index (χ1v) is 11.4. The van der Waals surface area contributed by atoms with Gasteiger partial charge in [0.1, 0.15) is 0 Å². The smallest absolute Gasteiger partial charge is 0.435 e. The summed E-state index contributed by atoms with van der Waals surface area (Å²) in [7, 11) is 0. The highest BCUT2D eigenvalue weighted by atomic mass is 32.2. The van der Waals surface area contributed by atoms with Gasteiger partial charge in [0.2, 0.25) is 5.91 Å². The first-order chi connectivity index (χ1) is 16.4. The van der Waals surface area contributed by atoms with Gasteiger partial charge in [0.15, 0.2) is 0 Å². The van der Waals surface area contributed by atoms with Crippen molar-refractivity contribution in [3.63, 3.8) is 0 Å². The standard InChI is InChI=1S/C22H21F7N2O4S/c1-11(8-9-36(34)35)14-4-3-5-15(17(14)18(30)32)19(33)31-16-7-6-13(10-12(16)2)20(23,21(24,25)26)22(27,28)29/h3-7,10-11H,8-9H2,1-2H3,(H2,30,32)(H,31,33)(H,34,35)/p-1/t11-/m0/s1. The summed E-state index contributed by atoms with van der Waals surface area (Å²) in [5.41, 5.74) is -2.72. The summed E-state index contributed by atoms with van der Waals surface area (Å²) in [4.78, 5) is 25.0. The van der Waals surface area contributed by atoms with E-state index in [1.54, 1.807) is 6.92 Å². The van der Waals surface area contributed by atoms with E-state index in [1.807, 2.05) is 0 Å². The van der Waals surface area contributed by atoms with E-state index in [2.05, 4.69) is 5.32 Å². The number of benzene rings is 2. The lowest BCUT2D eigenvalue weighted by molar-refractivity contribution is -0.348. The third-order valence-corrected chi connectivity index (χ3v) is 6.06. The largest absolute Gasteiger partial charge is 0.772 e. The van der Waals surface area contributed by atoms with Crippen molar-refractivity contribution in [2.45, 2.75) is 44.2 Å². The van der Waals surface area contributed by atoms with Gasteiger partial charge in [-0.1, -0.05) is 42.3 Å². The Labute approximate surface area is 203 Å². The van der Waals surface area contributed by atoms with Crippen molar-refractivity contribution in [2.75, 3.05) is 11.1 Å². The number of amides is 2. The van der Waals surface area contributed by atoms with Crippen LogP contribution in [-0.2, 0) is 16.7 Å². The maximum absolute atomic E-state index is 14.3. The van der Waals surface area contributed by atoms with Gasteiger partial charge in [-0.3, -0.25) is 13.8 Å². The number of nitrogens with two attached hydrogens (primary N) is 1. The summed E-state index contributed by atoms with van der Waals surface area (Å²) >= 11 is -2.35. The summed E-state index contributed by atoms with van der Waals surface area (Å²) < 4.78 is 114. The molecule has 0 saturated carbocycles. The van der Waals surface area contributed by atoms with E-state index >= 15 is 0 Å². The summed E-state index contributed by atoms with van der Waals surface area (Å²) in [5, 5.41) is 2.26. The zero-order valence-electron chi connectivity index (χ0n) is 18.7. The number of anilines is 1. The van der Waals surface area contributed by atoms with Crippen LogP contribution >= 0.6 is 0 Å². The Bertz CT molecular complexity index is 1170. The van der Waals surface area contributed by atoms with Crippen molar-refractivity contribution in [2.24, 2.45) is 5.73 Å². The molecule has 0 aliphatic heterocycles. The highest BCUT2D eigenvalue weighted by molar-refractivity contribution is 7.79. The summed E-state index contributed by atoms with van der Waals surface area (Å²) in [6.07, 6.45) is -12.5. The van der Waals surface area contributed by atoms with Gasteiger partial charge in [0, 0.05) is 17.0 Å². The van der Waals surface area contributed by atoms with Gasteiger partial charge in [-0.05, 0) is 42.5 Å². The van der Waals surface area contributed by atoms with Crippen molar-refractivity contribution in [1.82, 2.24) is 0 Å². The molecule has 2 amide bonds. The van der Waals surface area contributed by atoms with E-state index in [9.17, 15) is 49.1 Å². The molecule has 0 spiro atoms. The molecule has 1 unspecified atom stereocenters. The van der Waals surface area contributed by atoms with Crippen molar-refractivity contribution in [1.29, 1.82) is 0 Å². The SMILES string of the molecule is Cc1cc(C(F)(C(F)(F)F)C(F)(F)F)ccc1NC(=O)c1cccc([C@@H](C)CCS(=O)[O-])c1C(N)=O. The summed E-state index contributed by atoms with van der Waals surface area (Å²) in [6.45, 7) is 2.66. The minimum Gasteiger partial charge on any atom is -0.772 e. The molecule has 2 rings (SSSR count). The van der Waals surface area contributed by atoms with Gasteiger partial charge in [-0.15, -0.1) is 0 Å².